The fourth-order valence-corrected chi connectivity index (χ4v) is 2.22. The van der Waals surface area contributed by atoms with Crippen molar-refractivity contribution in [3.8, 4) is 5.75 Å². The third-order valence-corrected chi connectivity index (χ3v) is 3.48. The second-order valence-corrected chi connectivity index (χ2v) is 4.98. The van der Waals surface area contributed by atoms with E-state index in [2.05, 4.69) is 4.98 Å². The molecule has 1 aromatic carbocycles. The number of aliphatic hydroxyl groups excluding tert-OH is 1. The molecule has 0 saturated heterocycles. The van der Waals surface area contributed by atoms with Crippen LogP contribution in [0.2, 0.25) is 0 Å². The normalized spacial score (nSPS) is 12.2. The maximum Gasteiger partial charge on any atom is 0.118 e. The van der Waals surface area contributed by atoms with Gasteiger partial charge in [0.05, 0.1) is 13.2 Å². The van der Waals surface area contributed by atoms with E-state index in [4.69, 9.17) is 4.74 Å². The Bertz CT molecular complexity index is 494. The van der Waals surface area contributed by atoms with Gasteiger partial charge in [0.15, 0.2) is 0 Å². The molecule has 3 nitrogen and oxygen atoms in total. The minimum Gasteiger partial charge on any atom is -0.497 e. The third kappa shape index (κ3) is 3.24. The zero-order valence-electron chi connectivity index (χ0n) is 10.3. The van der Waals surface area contributed by atoms with E-state index in [1.807, 2.05) is 36.4 Å². The highest BCUT2D eigenvalue weighted by molar-refractivity contribution is 7.99. The van der Waals surface area contributed by atoms with Crippen LogP contribution in [0.25, 0.3) is 0 Å². The topological polar surface area (TPSA) is 42.4 Å². The van der Waals surface area contributed by atoms with Gasteiger partial charge in [-0.15, -0.1) is 0 Å². The van der Waals surface area contributed by atoms with Crippen molar-refractivity contribution in [2.24, 2.45) is 0 Å². The predicted octanol–water partition coefficient (Wildman–Crippen LogP) is 3.29. The number of nitrogens with zero attached hydrogens (tertiary/aromatic N) is 1. The molecule has 1 atom stereocenters. The highest BCUT2D eigenvalue weighted by Crippen LogP contribution is 2.28. The molecule has 2 rings (SSSR count). The summed E-state index contributed by atoms with van der Waals surface area (Å²) in [5, 5.41) is 10.3. The van der Waals surface area contributed by atoms with Gasteiger partial charge in [-0.25, -0.2) is 4.98 Å². The molecule has 1 heterocycles. The lowest BCUT2D eigenvalue weighted by atomic mass is 10.2. The van der Waals surface area contributed by atoms with E-state index in [0.29, 0.717) is 0 Å². The average Bonchev–Trinajstić information content (AvgIpc) is 2.40. The second-order valence-electron chi connectivity index (χ2n) is 3.88. The van der Waals surface area contributed by atoms with Crippen molar-refractivity contribution in [3.05, 3.63) is 48.2 Å². The van der Waals surface area contributed by atoms with Crippen molar-refractivity contribution < 1.29 is 9.84 Å². The fraction of sp³-hybridized carbons (Fsp3) is 0.214. The van der Waals surface area contributed by atoms with Gasteiger partial charge in [-0.2, -0.15) is 0 Å². The molecule has 2 aromatic rings. The lowest BCUT2D eigenvalue weighted by Crippen LogP contribution is -1.92. The van der Waals surface area contributed by atoms with Crippen LogP contribution in [0.4, 0.5) is 0 Å². The molecule has 0 amide bonds. The fourth-order valence-electron chi connectivity index (χ4n) is 1.46. The summed E-state index contributed by atoms with van der Waals surface area (Å²) in [5.41, 5.74) is 0.828. The number of methoxy groups -OCH3 is 1. The van der Waals surface area contributed by atoms with Crippen molar-refractivity contribution >= 4 is 11.8 Å². The van der Waals surface area contributed by atoms with E-state index in [-0.39, 0.29) is 0 Å². The van der Waals surface area contributed by atoms with Crippen LogP contribution in [-0.4, -0.2) is 17.2 Å². The molecule has 0 saturated carbocycles. The largest absolute Gasteiger partial charge is 0.497 e. The van der Waals surface area contributed by atoms with Crippen molar-refractivity contribution in [3.63, 3.8) is 0 Å². The van der Waals surface area contributed by atoms with Crippen molar-refractivity contribution in [2.45, 2.75) is 22.9 Å². The zero-order valence-corrected chi connectivity index (χ0v) is 11.1. The summed E-state index contributed by atoms with van der Waals surface area (Å²) in [5.74, 6) is 0.844. The number of rotatable bonds is 4. The summed E-state index contributed by atoms with van der Waals surface area (Å²) in [7, 11) is 1.65. The second kappa shape index (κ2) is 5.89. The SMILES string of the molecule is COc1ccc(Sc2ccc(C(C)O)cn2)cc1. The van der Waals surface area contributed by atoms with Crippen LogP contribution in [0, 0.1) is 0 Å². The molecule has 1 N–H and O–H groups in total. The highest BCUT2D eigenvalue weighted by Gasteiger charge is 2.03. The molecule has 1 unspecified atom stereocenters. The van der Waals surface area contributed by atoms with Gasteiger partial charge in [0.25, 0.3) is 0 Å². The molecule has 0 fully saturated rings. The lowest BCUT2D eigenvalue weighted by molar-refractivity contribution is 0.198. The van der Waals surface area contributed by atoms with E-state index in [0.717, 1.165) is 21.2 Å². The first kappa shape index (κ1) is 12.9. The maximum absolute atomic E-state index is 9.40. The van der Waals surface area contributed by atoms with E-state index >= 15 is 0 Å². The van der Waals surface area contributed by atoms with Gasteiger partial charge in [-0.1, -0.05) is 17.8 Å². The van der Waals surface area contributed by atoms with Gasteiger partial charge in [-0.3, -0.25) is 0 Å². The molecule has 0 radical (unpaired) electrons. The monoisotopic (exact) mass is 261 g/mol. The van der Waals surface area contributed by atoms with E-state index in [9.17, 15) is 5.11 Å². The average molecular weight is 261 g/mol. The quantitative estimate of drug-likeness (QED) is 0.917. The summed E-state index contributed by atoms with van der Waals surface area (Å²) >= 11 is 1.58. The molecule has 18 heavy (non-hydrogen) atoms. The number of hydrogen-bond donors (Lipinski definition) is 1. The maximum atomic E-state index is 9.40. The summed E-state index contributed by atoms with van der Waals surface area (Å²) in [6, 6.07) is 11.6. The third-order valence-electron chi connectivity index (χ3n) is 2.52. The molecule has 0 aliphatic carbocycles. The first-order valence-corrected chi connectivity index (χ1v) is 6.46. The Morgan fingerprint density at radius 1 is 1.17 bits per heavy atom. The molecule has 1 aromatic heterocycles. The molecule has 0 aliphatic heterocycles. The number of ether oxygens (including phenoxy) is 1. The Kier molecular flexibility index (Phi) is 4.23. The molecule has 0 bridgehead atoms. The summed E-state index contributed by atoms with van der Waals surface area (Å²) in [6.07, 6.45) is 1.23. The minimum absolute atomic E-state index is 0.475. The van der Waals surface area contributed by atoms with Crippen LogP contribution < -0.4 is 4.74 Å². The zero-order chi connectivity index (χ0) is 13.0. The van der Waals surface area contributed by atoms with E-state index in [1.165, 1.54) is 0 Å². The highest BCUT2D eigenvalue weighted by atomic mass is 32.2. The van der Waals surface area contributed by atoms with E-state index in [1.54, 1.807) is 32.0 Å². The Morgan fingerprint density at radius 2 is 1.89 bits per heavy atom. The minimum atomic E-state index is -0.475. The van der Waals surface area contributed by atoms with Crippen molar-refractivity contribution in [1.82, 2.24) is 4.98 Å². The number of benzene rings is 1. The van der Waals surface area contributed by atoms with Crippen LogP contribution in [-0.2, 0) is 0 Å². The summed E-state index contributed by atoms with van der Waals surface area (Å²) in [6.45, 7) is 1.73. The Labute approximate surface area is 111 Å². The molecule has 0 aliphatic rings. The molecule has 0 spiro atoms. The lowest BCUT2D eigenvalue weighted by Gasteiger charge is -2.06. The van der Waals surface area contributed by atoms with Crippen LogP contribution in [0.3, 0.4) is 0 Å². The molecule has 94 valence electrons. The van der Waals surface area contributed by atoms with Crippen LogP contribution in [0.5, 0.6) is 5.75 Å². The number of aliphatic hydroxyl groups is 1. The number of hydrogen-bond acceptors (Lipinski definition) is 4. The standard InChI is InChI=1S/C14H15NO2S/c1-10(16)11-3-8-14(15-9-11)18-13-6-4-12(17-2)5-7-13/h3-10,16H,1-2H3. The van der Waals surface area contributed by atoms with Gasteiger partial charge in [0.1, 0.15) is 10.8 Å². The van der Waals surface area contributed by atoms with Crippen molar-refractivity contribution in [2.75, 3.05) is 7.11 Å². The molecular formula is C14H15NO2S. The van der Waals surface area contributed by atoms with Crippen LogP contribution >= 0.6 is 11.8 Å². The van der Waals surface area contributed by atoms with Crippen LogP contribution in [0.1, 0.15) is 18.6 Å². The van der Waals surface area contributed by atoms with Gasteiger partial charge >= 0.3 is 0 Å². The van der Waals surface area contributed by atoms with Crippen LogP contribution in [0.15, 0.2) is 52.5 Å². The first-order chi connectivity index (χ1) is 8.69. The number of aromatic nitrogens is 1. The van der Waals surface area contributed by atoms with E-state index < -0.39 is 6.10 Å². The Morgan fingerprint density at radius 3 is 2.39 bits per heavy atom. The summed E-state index contributed by atoms with van der Waals surface area (Å²) < 4.78 is 5.11. The first-order valence-electron chi connectivity index (χ1n) is 5.65. The smallest absolute Gasteiger partial charge is 0.118 e. The van der Waals surface area contributed by atoms with Gasteiger partial charge in [-0.05, 0) is 42.8 Å². The Balaban J connectivity index is 2.08. The van der Waals surface area contributed by atoms with Gasteiger partial charge in [0.2, 0.25) is 0 Å². The summed E-state index contributed by atoms with van der Waals surface area (Å²) in [4.78, 5) is 5.41. The Hall–Kier alpha value is -1.52. The molecule has 4 heteroatoms. The van der Waals surface area contributed by atoms with Crippen molar-refractivity contribution in [1.29, 1.82) is 0 Å². The predicted molar refractivity (Wildman–Crippen MR) is 72.0 cm³/mol. The number of pyridine rings is 1. The molecular weight excluding hydrogens is 246 g/mol. The van der Waals surface area contributed by atoms with Gasteiger partial charge in [0, 0.05) is 11.1 Å². The van der Waals surface area contributed by atoms with Gasteiger partial charge < -0.3 is 9.84 Å².